The zero-order valence-electron chi connectivity index (χ0n) is 12.6. The van der Waals surface area contributed by atoms with Gasteiger partial charge < -0.3 is 4.74 Å². The minimum absolute atomic E-state index is 0.0884. The van der Waals surface area contributed by atoms with Gasteiger partial charge in [0, 0.05) is 0 Å². The molecule has 0 bridgehead atoms. The number of allylic oxidation sites excluding steroid dienone is 1. The van der Waals surface area contributed by atoms with Crippen molar-refractivity contribution < 1.29 is 13.5 Å². The van der Waals surface area contributed by atoms with Crippen LogP contribution in [0.3, 0.4) is 0 Å². The Labute approximate surface area is 130 Å². The average molecular weight is 305 g/mol. The van der Waals surface area contributed by atoms with Gasteiger partial charge in [-0.15, -0.1) is 6.58 Å². The topological polar surface area (TPSA) is 33.0 Å². The summed E-state index contributed by atoms with van der Waals surface area (Å²) in [6.45, 7) is 3.93. The van der Waals surface area contributed by atoms with E-state index in [1.807, 2.05) is 12.1 Å². The Morgan fingerprint density at radius 2 is 1.86 bits per heavy atom. The molecule has 0 radical (unpaired) electrons. The zero-order chi connectivity index (χ0) is 15.9. The lowest BCUT2D eigenvalue weighted by Crippen LogP contribution is -2.33. The summed E-state index contributed by atoms with van der Waals surface area (Å²) in [4.78, 5) is 0. The van der Waals surface area contributed by atoms with Gasteiger partial charge in [0.05, 0.1) is 18.2 Å². The van der Waals surface area contributed by atoms with Crippen molar-refractivity contribution in [2.24, 2.45) is 11.8 Å². The van der Waals surface area contributed by atoms with Crippen LogP contribution in [0, 0.1) is 23.2 Å². The number of hydrogen-bond donors (Lipinski definition) is 0. The largest absolute Gasteiger partial charge is 0.367 e. The zero-order valence-corrected chi connectivity index (χ0v) is 12.6. The summed E-state index contributed by atoms with van der Waals surface area (Å²) in [6, 6.07) is 8.87. The molecule has 1 aromatic carbocycles. The molecule has 2 nitrogen and oxygen atoms in total. The molecule has 0 heterocycles. The van der Waals surface area contributed by atoms with Crippen LogP contribution in [-0.2, 0) is 11.3 Å². The fourth-order valence-corrected chi connectivity index (χ4v) is 2.99. The highest BCUT2D eigenvalue weighted by atomic mass is 19.3. The van der Waals surface area contributed by atoms with Crippen molar-refractivity contribution in [1.29, 1.82) is 5.26 Å². The number of halogens is 2. The standard InChI is InChI=1S/C18H21F2NO/c1-2-13-7-9-16(10-8-13)17(18(19)20)22-12-15-5-3-14(11-21)4-6-15/h2-6,13,16-18H,1,7-10,12H2. The molecule has 1 aromatic rings. The Balaban J connectivity index is 1.91. The van der Waals surface area contributed by atoms with Crippen molar-refractivity contribution in [3.63, 3.8) is 0 Å². The predicted octanol–water partition coefficient (Wildman–Crippen LogP) is 4.70. The third kappa shape index (κ3) is 4.38. The summed E-state index contributed by atoms with van der Waals surface area (Å²) in [6.07, 6.45) is 1.79. The Morgan fingerprint density at radius 3 is 2.36 bits per heavy atom. The van der Waals surface area contributed by atoms with E-state index in [0.717, 1.165) is 31.2 Å². The maximum Gasteiger partial charge on any atom is 0.264 e. The molecule has 0 amide bonds. The van der Waals surface area contributed by atoms with Crippen molar-refractivity contribution in [3.05, 3.63) is 48.0 Å². The number of nitrogens with zero attached hydrogens (tertiary/aromatic N) is 1. The Kier molecular flexibility index (Phi) is 6.09. The number of alkyl halides is 2. The summed E-state index contributed by atoms with van der Waals surface area (Å²) >= 11 is 0. The third-order valence-electron chi connectivity index (χ3n) is 4.39. The van der Waals surface area contributed by atoms with Gasteiger partial charge in [-0.3, -0.25) is 0 Å². The van der Waals surface area contributed by atoms with E-state index in [1.54, 1.807) is 24.3 Å². The molecule has 4 heteroatoms. The molecular weight excluding hydrogens is 284 g/mol. The maximum atomic E-state index is 13.3. The van der Waals surface area contributed by atoms with Crippen LogP contribution in [0.15, 0.2) is 36.9 Å². The van der Waals surface area contributed by atoms with Gasteiger partial charge in [-0.1, -0.05) is 18.2 Å². The highest BCUT2D eigenvalue weighted by Gasteiger charge is 2.33. The first-order chi connectivity index (χ1) is 10.6. The van der Waals surface area contributed by atoms with Crippen LogP contribution in [-0.4, -0.2) is 12.5 Å². The van der Waals surface area contributed by atoms with Gasteiger partial charge in [-0.25, -0.2) is 8.78 Å². The second kappa shape index (κ2) is 8.05. The van der Waals surface area contributed by atoms with E-state index in [4.69, 9.17) is 10.00 Å². The molecule has 118 valence electrons. The molecule has 1 saturated carbocycles. The number of benzene rings is 1. The Hall–Kier alpha value is -1.73. The number of ether oxygens (including phenoxy) is 1. The van der Waals surface area contributed by atoms with E-state index in [1.165, 1.54) is 0 Å². The lowest BCUT2D eigenvalue weighted by Gasteiger charge is -2.32. The van der Waals surface area contributed by atoms with Crippen LogP contribution in [0.1, 0.15) is 36.8 Å². The first-order valence-corrected chi connectivity index (χ1v) is 7.65. The van der Waals surface area contributed by atoms with Crippen molar-refractivity contribution in [2.75, 3.05) is 0 Å². The van der Waals surface area contributed by atoms with Crippen LogP contribution in [0.5, 0.6) is 0 Å². The summed E-state index contributed by atoms with van der Waals surface area (Å²) in [5, 5.41) is 8.74. The monoisotopic (exact) mass is 305 g/mol. The summed E-state index contributed by atoms with van der Waals surface area (Å²) < 4.78 is 32.1. The van der Waals surface area contributed by atoms with Crippen LogP contribution >= 0.6 is 0 Å². The molecular formula is C18H21F2NO. The molecule has 0 saturated heterocycles. The van der Waals surface area contributed by atoms with Crippen LogP contribution in [0.4, 0.5) is 8.78 Å². The van der Waals surface area contributed by atoms with E-state index >= 15 is 0 Å². The van der Waals surface area contributed by atoms with Gasteiger partial charge in [-0.2, -0.15) is 5.26 Å². The normalized spacial score (nSPS) is 23.0. The molecule has 0 spiro atoms. The smallest absolute Gasteiger partial charge is 0.264 e. The number of rotatable bonds is 6. The van der Waals surface area contributed by atoms with E-state index in [0.29, 0.717) is 11.5 Å². The van der Waals surface area contributed by atoms with Gasteiger partial charge in [0.2, 0.25) is 0 Å². The van der Waals surface area contributed by atoms with E-state index in [-0.39, 0.29) is 12.5 Å². The van der Waals surface area contributed by atoms with Gasteiger partial charge >= 0.3 is 0 Å². The SMILES string of the molecule is C=CC1CCC(C(OCc2ccc(C#N)cc2)C(F)F)CC1. The molecule has 2 rings (SSSR count). The minimum atomic E-state index is -2.47. The Bertz CT molecular complexity index is 513. The molecule has 1 unspecified atom stereocenters. The fraction of sp³-hybridized carbons (Fsp3) is 0.500. The minimum Gasteiger partial charge on any atom is -0.367 e. The lowest BCUT2D eigenvalue weighted by molar-refractivity contribution is -0.101. The van der Waals surface area contributed by atoms with Crippen molar-refractivity contribution in [1.82, 2.24) is 0 Å². The molecule has 1 fully saturated rings. The van der Waals surface area contributed by atoms with Crippen molar-refractivity contribution >= 4 is 0 Å². The summed E-state index contributed by atoms with van der Waals surface area (Å²) in [5.74, 6) is 0.364. The first kappa shape index (κ1) is 16.6. The summed E-state index contributed by atoms with van der Waals surface area (Å²) in [5.41, 5.74) is 1.36. The van der Waals surface area contributed by atoms with E-state index < -0.39 is 12.5 Å². The summed E-state index contributed by atoms with van der Waals surface area (Å²) in [7, 11) is 0. The highest BCUT2D eigenvalue weighted by molar-refractivity contribution is 5.31. The number of hydrogen-bond acceptors (Lipinski definition) is 2. The molecule has 0 N–H and O–H groups in total. The van der Waals surface area contributed by atoms with Crippen molar-refractivity contribution in [3.8, 4) is 6.07 Å². The van der Waals surface area contributed by atoms with E-state index in [2.05, 4.69) is 6.58 Å². The quantitative estimate of drug-likeness (QED) is 0.714. The van der Waals surface area contributed by atoms with Gasteiger partial charge in [-0.05, 0) is 55.2 Å². The second-order valence-corrected chi connectivity index (χ2v) is 5.83. The maximum absolute atomic E-state index is 13.3. The van der Waals surface area contributed by atoms with Crippen molar-refractivity contribution in [2.45, 2.75) is 44.8 Å². The van der Waals surface area contributed by atoms with Gasteiger partial charge in [0.15, 0.2) is 0 Å². The molecule has 0 aliphatic heterocycles. The van der Waals surface area contributed by atoms with Gasteiger partial charge in [0.25, 0.3) is 6.43 Å². The molecule has 22 heavy (non-hydrogen) atoms. The number of nitriles is 1. The molecule has 1 aliphatic carbocycles. The van der Waals surface area contributed by atoms with E-state index in [9.17, 15) is 8.78 Å². The molecule has 1 atom stereocenters. The lowest BCUT2D eigenvalue weighted by atomic mass is 9.79. The first-order valence-electron chi connectivity index (χ1n) is 7.65. The average Bonchev–Trinajstić information content (AvgIpc) is 2.56. The van der Waals surface area contributed by atoms with Gasteiger partial charge in [0.1, 0.15) is 6.10 Å². The molecule has 0 aromatic heterocycles. The second-order valence-electron chi connectivity index (χ2n) is 5.83. The molecule has 1 aliphatic rings. The Morgan fingerprint density at radius 1 is 1.23 bits per heavy atom. The predicted molar refractivity (Wildman–Crippen MR) is 81.4 cm³/mol. The van der Waals surface area contributed by atoms with Crippen LogP contribution in [0.25, 0.3) is 0 Å². The fourth-order valence-electron chi connectivity index (χ4n) is 2.99. The third-order valence-corrected chi connectivity index (χ3v) is 4.39. The van der Waals surface area contributed by atoms with Crippen LogP contribution in [0.2, 0.25) is 0 Å². The van der Waals surface area contributed by atoms with Crippen LogP contribution < -0.4 is 0 Å². The highest BCUT2D eigenvalue weighted by Crippen LogP contribution is 2.34.